The number of carbonyl (C=O) groups is 2. The molecule has 0 radical (unpaired) electrons. The molecule has 4 nitrogen and oxygen atoms in total. The van der Waals surface area contributed by atoms with Gasteiger partial charge in [0.2, 0.25) is 0 Å². The first-order valence-electron chi connectivity index (χ1n) is 9.24. The minimum absolute atomic E-state index is 0.0540. The molecule has 6 unspecified atom stereocenters. The summed E-state index contributed by atoms with van der Waals surface area (Å²) in [6, 6.07) is 0. The zero-order chi connectivity index (χ0) is 17.9. The first-order chi connectivity index (χ1) is 11.1. The number of carboxylic acid groups (broad SMARTS) is 1. The van der Waals surface area contributed by atoms with Crippen LogP contribution in [0.25, 0.3) is 0 Å². The molecule has 0 aliphatic heterocycles. The molecule has 6 atom stereocenters. The van der Waals surface area contributed by atoms with Crippen molar-refractivity contribution in [3.63, 3.8) is 0 Å². The van der Waals surface area contributed by atoms with E-state index in [2.05, 4.69) is 26.8 Å². The first kappa shape index (κ1) is 17.7. The lowest BCUT2D eigenvalue weighted by atomic mass is 9.44. The van der Waals surface area contributed by atoms with E-state index in [4.69, 9.17) is 5.11 Å². The van der Waals surface area contributed by atoms with Gasteiger partial charge >= 0.3 is 5.97 Å². The Balaban J connectivity index is 1.89. The monoisotopic (exact) mass is 334 g/mol. The van der Waals surface area contributed by atoms with E-state index in [0.717, 1.165) is 19.3 Å². The SMILES string of the molecule is CC(CC(=O)CC1C23CCC(C)C2=CC(C(O)C3)C1(C)C)C(=O)O. The summed E-state index contributed by atoms with van der Waals surface area (Å²) in [6.07, 6.45) is 5.48. The lowest BCUT2D eigenvalue weighted by Crippen LogP contribution is -2.57. The number of hydrogen-bond donors (Lipinski definition) is 2. The summed E-state index contributed by atoms with van der Waals surface area (Å²) in [6.45, 7) is 8.21. The summed E-state index contributed by atoms with van der Waals surface area (Å²) in [5.74, 6) is -0.634. The van der Waals surface area contributed by atoms with Gasteiger partial charge < -0.3 is 10.2 Å². The molecule has 134 valence electrons. The summed E-state index contributed by atoms with van der Waals surface area (Å²) >= 11 is 0. The van der Waals surface area contributed by atoms with E-state index in [-0.39, 0.29) is 41.0 Å². The first-order valence-corrected chi connectivity index (χ1v) is 9.24. The highest BCUT2D eigenvalue weighted by Gasteiger charge is 2.63. The molecule has 4 aliphatic rings. The van der Waals surface area contributed by atoms with Crippen LogP contribution in [0.2, 0.25) is 0 Å². The second-order valence-electron chi connectivity index (χ2n) is 9.08. The normalized spacial score (nSPS) is 40.8. The Morgan fingerprint density at radius 2 is 2.04 bits per heavy atom. The number of allylic oxidation sites excluding steroid dienone is 1. The Hall–Kier alpha value is -1.16. The van der Waals surface area contributed by atoms with Crippen LogP contribution in [-0.4, -0.2) is 28.1 Å². The fourth-order valence-electron chi connectivity index (χ4n) is 5.99. The number of Topliss-reactive ketones (excluding diaryl/α,β-unsaturated/α-hetero) is 1. The van der Waals surface area contributed by atoms with Crippen molar-refractivity contribution in [3.05, 3.63) is 11.6 Å². The molecule has 4 aliphatic carbocycles. The van der Waals surface area contributed by atoms with Crippen molar-refractivity contribution >= 4 is 11.8 Å². The summed E-state index contributed by atoms with van der Waals surface area (Å²) in [5.41, 5.74) is 1.27. The summed E-state index contributed by atoms with van der Waals surface area (Å²) in [5, 5.41) is 19.7. The number of rotatable bonds is 5. The molecule has 2 fully saturated rings. The van der Waals surface area contributed by atoms with Crippen LogP contribution in [0.4, 0.5) is 0 Å². The van der Waals surface area contributed by atoms with Crippen LogP contribution < -0.4 is 0 Å². The molecule has 0 aromatic carbocycles. The average Bonchev–Trinajstić information content (AvgIpc) is 2.80. The molecule has 2 saturated carbocycles. The highest BCUT2D eigenvalue weighted by atomic mass is 16.4. The van der Waals surface area contributed by atoms with Gasteiger partial charge in [0, 0.05) is 18.8 Å². The molecular formula is C20H30O4. The number of aliphatic hydroxyl groups is 1. The minimum atomic E-state index is -0.906. The Morgan fingerprint density at radius 1 is 1.38 bits per heavy atom. The molecular weight excluding hydrogens is 304 g/mol. The highest BCUT2D eigenvalue weighted by Crippen LogP contribution is 2.69. The number of fused-ring (bicyclic) bond motifs is 2. The maximum atomic E-state index is 12.6. The summed E-state index contributed by atoms with van der Waals surface area (Å²) in [4.78, 5) is 23.6. The van der Waals surface area contributed by atoms with Gasteiger partial charge in [-0.25, -0.2) is 0 Å². The molecule has 24 heavy (non-hydrogen) atoms. The van der Waals surface area contributed by atoms with Crippen LogP contribution in [0.15, 0.2) is 11.6 Å². The van der Waals surface area contributed by atoms with Crippen molar-refractivity contribution in [2.45, 2.75) is 65.9 Å². The van der Waals surface area contributed by atoms with E-state index in [9.17, 15) is 14.7 Å². The number of ketones is 1. The highest BCUT2D eigenvalue weighted by molar-refractivity contribution is 5.84. The summed E-state index contributed by atoms with van der Waals surface area (Å²) in [7, 11) is 0. The van der Waals surface area contributed by atoms with Crippen LogP contribution in [0, 0.1) is 34.5 Å². The molecule has 4 rings (SSSR count). The van der Waals surface area contributed by atoms with E-state index in [1.54, 1.807) is 6.92 Å². The molecule has 2 N–H and O–H groups in total. The fraction of sp³-hybridized carbons (Fsp3) is 0.800. The van der Waals surface area contributed by atoms with Crippen LogP contribution in [-0.2, 0) is 9.59 Å². The van der Waals surface area contributed by atoms with Crippen molar-refractivity contribution in [1.82, 2.24) is 0 Å². The van der Waals surface area contributed by atoms with E-state index in [1.807, 2.05) is 0 Å². The van der Waals surface area contributed by atoms with E-state index < -0.39 is 11.9 Å². The Bertz CT molecular complexity index is 590. The van der Waals surface area contributed by atoms with Crippen molar-refractivity contribution in [1.29, 1.82) is 0 Å². The molecule has 0 aromatic rings. The van der Waals surface area contributed by atoms with Gasteiger partial charge in [-0.2, -0.15) is 0 Å². The van der Waals surface area contributed by atoms with Gasteiger partial charge in [-0.15, -0.1) is 0 Å². The topological polar surface area (TPSA) is 74.6 Å². The maximum Gasteiger partial charge on any atom is 0.306 e. The number of carboxylic acids is 1. The molecule has 4 heteroatoms. The Morgan fingerprint density at radius 3 is 2.67 bits per heavy atom. The van der Waals surface area contributed by atoms with Gasteiger partial charge in [-0.1, -0.05) is 39.3 Å². The van der Waals surface area contributed by atoms with Crippen LogP contribution >= 0.6 is 0 Å². The van der Waals surface area contributed by atoms with Gasteiger partial charge in [0.25, 0.3) is 0 Å². The average molecular weight is 334 g/mol. The van der Waals surface area contributed by atoms with Gasteiger partial charge in [-0.05, 0) is 41.9 Å². The molecule has 0 saturated heterocycles. The van der Waals surface area contributed by atoms with Crippen LogP contribution in [0.3, 0.4) is 0 Å². The van der Waals surface area contributed by atoms with Gasteiger partial charge in [-0.3, -0.25) is 9.59 Å². The quantitative estimate of drug-likeness (QED) is 0.755. The number of carbonyl (C=O) groups excluding carboxylic acids is 1. The molecule has 0 amide bonds. The number of aliphatic carboxylic acids is 1. The third-order valence-corrected chi connectivity index (χ3v) is 7.29. The van der Waals surface area contributed by atoms with Crippen molar-refractivity contribution < 1.29 is 19.8 Å². The predicted octanol–water partition coefficient (Wildman–Crippen LogP) is 3.44. The lowest BCUT2D eigenvalue weighted by molar-refractivity contribution is -0.145. The zero-order valence-electron chi connectivity index (χ0n) is 15.2. The molecule has 0 heterocycles. The van der Waals surface area contributed by atoms with Gasteiger partial charge in [0.05, 0.1) is 12.0 Å². The van der Waals surface area contributed by atoms with Gasteiger partial charge in [0.1, 0.15) is 5.78 Å². The number of hydrogen-bond acceptors (Lipinski definition) is 3. The fourth-order valence-corrected chi connectivity index (χ4v) is 5.99. The minimum Gasteiger partial charge on any atom is -0.481 e. The number of aliphatic hydroxyl groups excluding tert-OH is 1. The standard InChI is InChI=1S/C20H30O4/c1-11-5-6-20-10-16(22)15(9-14(11)20)19(3,4)17(20)8-13(21)7-12(2)18(23)24/h9,11-12,15-17,22H,5-8,10H2,1-4H3,(H,23,24). The van der Waals surface area contributed by atoms with Crippen LogP contribution in [0.1, 0.15) is 59.8 Å². The Labute approximate surface area is 144 Å². The van der Waals surface area contributed by atoms with Crippen molar-refractivity contribution in [3.8, 4) is 0 Å². The van der Waals surface area contributed by atoms with Crippen molar-refractivity contribution in [2.24, 2.45) is 34.5 Å². The third kappa shape index (κ3) is 2.45. The van der Waals surface area contributed by atoms with Crippen LogP contribution in [0.5, 0.6) is 0 Å². The second-order valence-corrected chi connectivity index (χ2v) is 9.08. The molecule has 0 aromatic heterocycles. The third-order valence-electron chi connectivity index (χ3n) is 7.29. The Kier molecular flexibility index (Phi) is 4.18. The molecule has 1 spiro atoms. The second kappa shape index (κ2) is 5.69. The molecule has 2 bridgehead atoms. The smallest absolute Gasteiger partial charge is 0.306 e. The van der Waals surface area contributed by atoms with Crippen molar-refractivity contribution in [2.75, 3.05) is 0 Å². The summed E-state index contributed by atoms with van der Waals surface area (Å²) < 4.78 is 0. The largest absolute Gasteiger partial charge is 0.481 e. The maximum absolute atomic E-state index is 12.6. The zero-order valence-corrected chi connectivity index (χ0v) is 15.2. The van der Waals surface area contributed by atoms with Gasteiger partial charge in [0.15, 0.2) is 0 Å². The van der Waals surface area contributed by atoms with E-state index in [0.29, 0.717) is 12.3 Å². The van der Waals surface area contributed by atoms with E-state index >= 15 is 0 Å². The predicted molar refractivity (Wildman–Crippen MR) is 91.3 cm³/mol. The lowest BCUT2D eigenvalue weighted by Gasteiger charge is -2.61. The van der Waals surface area contributed by atoms with E-state index in [1.165, 1.54) is 5.57 Å².